The van der Waals surface area contributed by atoms with Crippen LogP contribution in [0.3, 0.4) is 0 Å². The quantitative estimate of drug-likeness (QED) is 0.209. The number of aromatic nitrogens is 2. The van der Waals surface area contributed by atoms with Crippen LogP contribution in [0.15, 0.2) is 52.2 Å². The summed E-state index contributed by atoms with van der Waals surface area (Å²) in [6, 6.07) is 10.3. The van der Waals surface area contributed by atoms with Crippen molar-refractivity contribution < 1.29 is 41.6 Å². The fourth-order valence-corrected chi connectivity index (χ4v) is 6.85. The molecule has 2 aromatic carbocycles. The molecule has 1 saturated carbocycles. The first-order valence-corrected chi connectivity index (χ1v) is 15.5. The van der Waals surface area contributed by atoms with Crippen LogP contribution in [0.4, 0.5) is 4.39 Å². The van der Waals surface area contributed by atoms with Crippen LogP contribution in [0, 0.1) is 25.1 Å². The lowest BCUT2D eigenvalue weighted by atomic mass is 9.69. The highest BCUT2D eigenvalue weighted by Gasteiger charge is 2.52. The van der Waals surface area contributed by atoms with Crippen LogP contribution in [0.25, 0.3) is 0 Å². The largest absolute Gasteiger partial charge is 0.501 e. The van der Waals surface area contributed by atoms with E-state index in [1.807, 2.05) is 0 Å². The Balaban J connectivity index is 1.50. The smallest absolute Gasteiger partial charge is 0.394 e. The van der Waals surface area contributed by atoms with Crippen LogP contribution in [-0.4, -0.2) is 52.6 Å². The average Bonchev–Trinajstić information content (AvgIpc) is 3.22. The highest BCUT2D eigenvalue weighted by atomic mass is 32.2. The molecule has 45 heavy (non-hydrogen) atoms. The van der Waals surface area contributed by atoms with Gasteiger partial charge >= 0.3 is 11.9 Å². The Kier molecular flexibility index (Phi) is 8.27. The van der Waals surface area contributed by atoms with Crippen LogP contribution < -0.4 is 16.2 Å². The number of nitrogens with zero attached hydrogens (tertiary/aromatic N) is 2. The van der Waals surface area contributed by atoms with Gasteiger partial charge in [-0.1, -0.05) is 29.8 Å². The van der Waals surface area contributed by atoms with Gasteiger partial charge in [-0.15, -0.1) is 0 Å². The van der Waals surface area contributed by atoms with Gasteiger partial charge in [-0.25, -0.2) is 14.2 Å². The zero-order chi connectivity index (χ0) is 32.7. The summed E-state index contributed by atoms with van der Waals surface area (Å²) in [4.78, 5) is 55.0. The molecule has 1 aromatic heterocycles. The van der Waals surface area contributed by atoms with Crippen molar-refractivity contribution in [2.75, 3.05) is 6.61 Å². The molecule has 3 aromatic rings. The lowest BCUT2D eigenvalue weighted by Gasteiger charge is -2.41. The molecule has 3 aliphatic rings. The summed E-state index contributed by atoms with van der Waals surface area (Å²) in [6.45, 7) is 2.73. The molecule has 1 aliphatic carbocycles. The van der Waals surface area contributed by atoms with E-state index in [1.54, 1.807) is 26.0 Å². The fraction of sp³-hybridized carbons (Fsp3) is 0.367. The summed E-state index contributed by atoms with van der Waals surface area (Å²) in [5.74, 6) is -5.65. The molecule has 3 heterocycles. The van der Waals surface area contributed by atoms with Crippen molar-refractivity contribution in [3.05, 3.63) is 86.8 Å². The second-order valence-electron chi connectivity index (χ2n) is 11.7. The zero-order valence-corrected chi connectivity index (χ0v) is 25.2. The van der Waals surface area contributed by atoms with Gasteiger partial charge in [0.15, 0.2) is 5.69 Å². The Morgan fingerprint density at radius 2 is 1.73 bits per heavy atom. The van der Waals surface area contributed by atoms with Gasteiger partial charge < -0.3 is 20.8 Å². The van der Waals surface area contributed by atoms with Crippen LogP contribution in [0.5, 0.6) is 5.75 Å². The molecule has 2 aliphatic heterocycles. The molecule has 15 heteroatoms. The number of nitrogens with one attached hydrogen (secondary N) is 2. The van der Waals surface area contributed by atoms with Gasteiger partial charge in [-0.3, -0.25) is 23.1 Å². The van der Waals surface area contributed by atoms with E-state index >= 15 is 0 Å². The van der Waals surface area contributed by atoms with Crippen LogP contribution in [0.1, 0.15) is 58.7 Å². The first kappa shape index (κ1) is 31.8. The summed E-state index contributed by atoms with van der Waals surface area (Å²) in [5.41, 5.74) is -2.45. The van der Waals surface area contributed by atoms with E-state index in [4.69, 9.17) is 4.18 Å². The molecule has 0 atom stereocenters. The molecule has 0 spiro atoms. The highest BCUT2D eigenvalue weighted by Crippen LogP contribution is 2.50. The number of halogens is 1. The number of carboxylic acid groups (broad SMARTS) is 1. The Morgan fingerprint density at radius 3 is 2.36 bits per heavy atom. The van der Waals surface area contributed by atoms with E-state index in [0.717, 1.165) is 10.1 Å². The van der Waals surface area contributed by atoms with Gasteiger partial charge in [-0.2, -0.15) is 8.42 Å². The Bertz CT molecular complexity index is 1870. The van der Waals surface area contributed by atoms with Crippen LogP contribution in [0.2, 0.25) is 0 Å². The molecule has 238 valence electrons. The summed E-state index contributed by atoms with van der Waals surface area (Å²) in [7, 11) is -4.19. The number of benzene rings is 2. The van der Waals surface area contributed by atoms with Crippen molar-refractivity contribution >= 4 is 27.9 Å². The number of fused-ring (bicyclic) bond motifs is 2. The molecule has 13 nitrogen and oxygen atoms in total. The highest BCUT2D eigenvalue weighted by molar-refractivity contribution is 7.86. The molecular formula is C30H31FN4O9S. The summed E-state index contributed by atoms with van der Waals surface area (Å²) in [6.07, 6.45) is 0.441. The van der Waals surface area contributed by atoms with E-state index in [0.29, 0.717) is 11.1 Å². The zero-order valence-electron chi connectivity index (χ0n) is 24.4. The maximum atomic E-state index is 13.7. The Hall–Kier alpha value is -4.63. The van der Waals surface area contributed by atoms with Crippen molar-refractivity contribution in [1.82, 2.24) is 20.2 Å². The summed E-state index contributed by atoms with van der Waals surface area (Å²) < 4.78 is 46.1. The monoisotopic (exact) mass is 642 g/mol. The minimum absolute atomic E-state index is 0.0348. The van der Waals surface area contributed by atoms with E-state index < -0.39 is 61.7 Å². The molecule has 2 bridgehead atoms. The predicted molar refractivity (Wildman–Crippen MR) is 155 cm³/mol. The number of hydrogen-bond acceptors (Lipinski definition) is 9. The number of aryl methyl sites for hydroxylation is 2. The standard InChI is InChI=1S/C30H31FN4O9S/c1-17-3-6-20(7-4-17)45(42,43)44-16-29-9-11-30(12-10-29,34-25(38)27(40)41)28-33-22(23(36)26(39)35(28)15-29)24(37)32-14-19-5-8-21(31)18(2)13-19/h3-8,13,36H,9-12,14-16H2,1-2H3,(H,32,37)(H,34,38)(H,40,41). The van der Waals surface area contributed by atoms with Crippen molar-refractivity contribution in [3.63, 3.8) is 0 Å². The maximum absolute atomic E-state index is 13.7. The molecule has 0 unspecified atom stereocenters. The number of aromatic hydroxyl groups is 1. The Morgan fingerprint density at radius 1 is 1.07 bits per heavy atom. The van der Waals surface area contributed by atoms with Gasteiger partial charge in [0.05, 0.1) is 17.0 Å². The topological polar surface area (TPSA) is 194 Å². The molecule has 0 saturated heterocycles. The molecular weight excluding hydrogens is 611 g/mol. The van der Waals surface area contributed by atoms with Gasteiger partial charge in [0.25, 0.3) is 21.6 Å². The van der Waals surface area contributed by atoms with Gasteiger partial charge in [0.2, 0.25) is 5.75 Å². The number of carboxylic acids is 1. The van der Waals surface area contributed by atoms with Gasteiger partial charge in [0, 0.05) is 18.5 Å². The third-order valence-corrected chi connectivity index (χ3v) is 9.78. The summed E-state index contributed by atoms with van der Waals surface area (Å²) in [5, 5.41) is 25.2. The second kappa shape index (κ2) is 11.7. The third kappa shape index (κ3) is 6.17. The fourth-order valence-electron chi connectivity index (χ4n) is 5.84. The normalized spacial score (nSPS) is 20.6. The molecule has 0 radical (unpaired) electrons. The van der Waals surface area contributed by atoms with E-state index in [1.165, 1.54) is 30.3 Å². The van der Waals surface area contributed by atoms with Gasteiger partial charge in [0.1, 0.15) is 11.6 Å². The molecule has 1 fully saturated rings. The maximum Gasteiger partial charge on any atom is 0.394 e. The minimum Gasteiger partial charge on any atom is -0.501 e. The third-order valence-electron chi connectivity index (χ3n) is 8.50. The van der Waals surface area contributed by atoms with Crippen molar-refractivity contribution in [2.24, 2.45) is 5.41 Å². The molecule has 4 N–H and O–H groups in total. The predicted octanol–water partition coefficient (Wildman–Crippen LogP) is 2.01. The number of carbonyl (C=O) groups excluding carboxylic acids is 2. The lowest BCUT2D eigenvalue weighted by Crippen LogP contribution is -2.52. The van der Waals surface area contributed by atoms with E-state index in [2.05, 4.69) is 15.6 Å². The lowest BCUT2D eigenvalue weighted by molar-refractivity contribution is -0.151. The minimum atomic E-state index is -4.19. The number of amides is 2. The SMILES string of the molecule is Cc1ccc(S(=O)(=O)OCC23CCC(NC(=O)C(=O)O)(CC2)c2nc(C(=O)NCc4ccc(F)c(C)c4)c(O)c(=O)n2C3)cc1. The first-order chi connectivity index (χ1) is 21.2. The van der Waals surface area contributed by atoms with Crippen molar-refractivity contribution in [3.8, 4) is 5.75 Å². The Labute approximate surface area is 257 Å². The van der Waals surface area contributed by atoms with Crippen LogP contribution >= 0.6 is 0 Å². The number of rotatable bonds is 8. The van der Waals surface area contributed by atoms with E-state index in [-0.39, 0.29) is 56.1 Å². The first-order valence-electron chi connectivity index (χ1n) is 14.0. The summed E-state index contributed by atoms with van der Waals surface area (Å²) >= 11 is 0. The molecule has 6 rings (SSSR count). The average molecular weight is 643 g/mol. The number of hydrogen-bond donors (Lipinski definition) is 4. The molecule has 2 amide bonds. The van der Waals surface area contributed by atoms with E-state index in [9.17, 15) is 42.2 Å². The number of aliphatic carboxylic acids is 1. The number of carbonyl (C=O) groups is 3. The van der Waals surface area contributed by atoms with Gasteiger partial charge in [-0.05, 0) is 68.9 Å². The second-order valence-corrected chi connectivity index (χ2v) is 13.3. The van der Waals surface area contributed by atoms with Crippen molar-refractivity contribution in [2.45, 2.75) is 63.1 Å². The van der Waals surface area contributed by atoms with Crippen molar-refractivity contribution in [1.29, 1.82) is 0 Å². The van der Waals surface area contributed by atoms with Crippen LogP contribution in [-0.2, 0) is 42.5 Å².